The van der Waals surface area contributed by atoms with Gasteiger partial charge in [-0.05, 0) is 61.6 Å². The summed E-state index contributed by atoms with van der Waals surface area (Å²) < 4.78 is 0. The number of carboxylic acid groups (broad SMARTS) is 1. The summed E-state index contributed by atoms with van der Waals surface area (Å²) >= 11 is 0. The van der Waals surface area contributed by atoms with Crippen LogP contribution >= 0.6 is 0 Å². The molecule has 52 heavy (non-hydrogen) atoms. The second-order valence-corrected chi connectivity index (χ2v) is 13.4. The number of hydrogen-bond donors (Lipinski definition) is 9. The van der Waals surface area contributed by atoms with E-state index in [9.17, 15) is 49.5 Å². The summed E-state index contributed by atoms with van der Waals surface area (Å²) in [5.41, 5.74) is 7.13. The molecule has 0 bridgehead atoms. The van der Waals surface area contributed by atoms with Crippen LogP contribution in [0.3, 0.4) is 0 Å². The fourth-order valence-electron chi connectivity index (χ4n) is 6.13. The van der Waals surface area contributed by atoms with Gasteiger partial charge in [-0.3, -0.25) is 19.2 Å². The van der Waals surface area contributed by atoms with E-state index >= 15 is 0 Å². The van der Waals surface area contributed by atoms with E-state index in [-0.39, 0.29) is 37.3 Å². The minimum absolute atomic E-state index is 0.0109. The third-order valence-electron chi connectivity index (χ3n) is 9.20. The molecule has 2 aromatic rings. The van der Waals surface area contributed by atoms with Crippen LogP contribution in [-0.4, -0.2) is 109 Å². The lowest BCUT2D eigenvalue weighted by Crippen LogP contribution is -2.60. The Hall–Kier alpha value is -4.73. The Labute approximate surface area is 303 Å². The van der Waals surface area contributed by atoms with Crippen LogP contribution in [0, 0.1) is 0 Å². The Bertz CT molecular complexity index is 1490. The molecular weight excluding hydrogens is 674 g/mol. The number of aliphatic hydroxyl groups excluding tert-OH is 2. The predicted octanol–water partition coefficient (Wildman–Crippen LogP) is 0.843. The van der Waals surface area contributed by atoms with Crippen molar-refractivity contribution in [3.05, 3.63) is 59.7 Å². The van der Waals surface area contributed by atoms with Crippen molar-refractivity contribution >= 4 is 29.6 Å². The molecule has 1 fully saturated rings. The summed E-state index contributed by atoms with van der Waals surface area (Å²) in [7, 11) is 0. The fraction of sp³-hybridized carbons (Fsp3) is 0.541. The van der Waals surface area contributed by atoms with Crippen molar-refractivity contribution in [2.24, 2.45) is 5.73 Å². The van der Waals surface area contributed by atoms with Crippen LogP contribution in [0.2, 0.25) is 0 Å². The number of carboxylic acids is 1. The van der Waals surface area contributed by atoms with Gasteiger partial charge in [0, 0.05) is 25.4 Å². The third kappa shape index (κ3) is 12.5. The van der Waals surface area contributed by atoms with E-state index in [1.54, 1.807) is 12.1 Å². The summed E-state index contributed by atoms with van der Waals surface area (Å²) in [5.74, 6) is -4.57. The van der Waals surface area contributed by atoms with E-state index in [1.807, 2.05) is 0 Å². The average molecular weight is 728 g/mol. The van der Waals surface area contributed by atoms with Gasteiger partial charge < -0.3 is 52.1 Å². The molecule has 7 unspecified atom stereocenters. The number of benzene rings is 2. The minimum atomic E-state index is -1.62. The number of unbranched alkanes of at least 4 members (excludes halogenated alkanes) is 4. The zero-order valence-corrected chi connectivity index (χ0v) is 29.7. The zero-order chi connectivity index (χ0) is 38.4. The van der Waals surface area contributed by atoms with E-state index in [4.69, 9.17) is 5.73 Å². The number of aromatic hydroxyl groups is 2. The second-order valence-electron chi connectivity index (χ2n) is 13.4. The van der Waals surface area contributed by atoms with Crippen LogP contribution in [-0.2, 0) is 36.8 Å². The summed E-state index contributed by atoms with van der Waals surface area (Å²) in [5, 5.41) is 57.8. The molecule has 0 saturated carbocycles. The van der Waals surface area contributed by atoms with Crippen molar-refractivity contribution in [3.8, 4) is 11.5 Å². The quantitative estimate of drug-likeness (QED) is 0.0865. The summed E-state index contributed by atoms with van der Waals surface area (Å²) in [6.07, 6.45) is 2.55. The van der Waals surface area contributed by atoms with Crippen LogP contribution in [0.25, 0.3) is 0 Å². The van der Waals surface area contributed by atoms with Crippen LogP contribution in [0.1, 0.15) is 76.3 Å². The molecule has 3 rings (SSSR count). The Kier molecular flexibility index (Phi) is 16.3. The lowest BCUT2D eigenvalue weighted by atomic mass is 10.0. The number of rotatable bonds is 20. The van der Waals surface area contributed by atoms with Crippen molar-refractivity contribution in [1.82, 2.24) is 20.9 Å². The van der Waals surface area contributed by atoms with Crippen LogP contribution < -0.4 is 21.7 Å². The third-order valence-corrected chi connectivity index (χ3v) is 9.20. The van der Waals surface area contributed by atoms with E-state index in [1.165, 1.54) is 48.2 Å². The van der Waals surface area contributed by atoms with E-state index in [2.05, 4.69) is 22.9 Å². The fourth-order valence-corrected chi connectivity index (χ4v) is 6.13. The minimum Gasteiger partial charge on any atom is -0.508 e. The molecule has 286 valence electrons. The lowest BCUT2D eigenvalue weighted by molar-refractivity contribution is -0.146. The first kappa shape index (κ1) is 41.7. The smallest absolute Gasteiger partial charge is 0.326 e. The van der Waals surface area contributed by atoms with Crippen molar-refractivity contribution < 1.29 is 49.5 Å². The average Bonchev–Trinajstić information content (AvgIpc) is 3.61. The Morgan fingerprint density at radius 3 is 1.90 bits per heavy atom. The van der Waals surface area contributed by atoms with Gasteiger partial charge >= 0.3 is 5.97 Å². The van der Waals surface area contributed by atoms with Crippen LogP contribution in [0.5, 0.6) is 11.5 Å². The molecule has 2 aromatic carbocycles. The molecule has 1 heterocycles. The monoisotopic (exact) mass is 727 g/mol. The van der Waals surface area contributed by atoms with Gasteiger partial charge in [0.05, 0.1) is 6.10 Å². The highest BCUT2D eigenvalue weighted by atomic mass is 16.4. The molecule has 0 aromatic heterocycles. The number of nitrogens with two attached hydrogens (primary N) is 1. The van der Waals surface area contributed by atoms with Gasteiger partial charge in [-0.1, -0.05) is 63.3 Å². The maximum atomic E-state index is 13.8. The summed E-state index contributed by atoms with van der Waals surface area (Å²) in [6.45, 7) is 3.49. The predicted molar refractivity (Wildman–Crippen MR) is 191 cm³/mol. The number of carbonyl (C=O) groups excluding carboxylic acids is 4. The van der Waals surface area contributed by atoms with Crippen molar-refractivity contribution in [2.75, 3.05) is 6.54 Å². The normalized spacial score (nSPS) is 17.6. The number of carbonyl (C=O) groups is 5. The molecule has 7 atom stereocenters. The van der Waals surface area contributed by atoms with E-state index in [0.717, 1.165) is 32.1 Å². The lowest BCUT2D eigenvalue weighted by Gasteiger charge is -2.31. The number of nitrogens with zero attached hydrogens (tertiary/aromatic N) is 1. The molecule has 10 N–H and O–H groups in total. The molecule has 15 heteroatoms. The molecule has 1 aliphatic rings. The topological polar surface area (TPSA) is 252 Å². The molecule has 0 radical (unpaired) electrons. The Balaban J connectivity index is 1.74. The Morgan fingerprint density at radius 1 is 0.808 bits per heavy atom. The van der Waals surface area contributed by atoms with E-state index in [0.29, 0.717) is 24.0 Å². The molecular formula is C37H53N5O10. The van der Waals surface area contributed by atoms with E-state index < -0.39 is 72.0 Å². The van der Waals surface area contributed by atoms with Gasteiger partial charge in [0.15, 0.2) is 0 Å². The number of aliphatic carboxylic acids is 1. The maximum absolute atomic E-state index is 13.8. The number of amides is 4. The van der Waals surface area contributed by atoms with Gasteiger partial charge in [-0.2, -0.15) is 0 Å². The van der Waals surface area contributed by atoms with Gasteiger partial charge in [-0.25, -0.2) is 4.79 Å². The van der Waals surface area contributed by atoms with Crippen molar-refractivity contribution in [1.29, 1.82) is 0 Å². The SMILES string of the molecule is CCCCCCCC(N)C(O)C(=O)NC(C(=O)N1CCCC1C(=O)NC(Cc1ccc(O)cc1)C(=O)NC(Cc1ccc(O)cc1)C(=O)O)C(C)O. The van der Waals surface area contributed by atoms with Crippen LogP contribution in [0.15, 0.2) is 48.5 Å². The van der Waals surface area contributed by atoms with Crippen LogP contribution in [0.4, 0.5) is 0 Å². The van der Waals surface area contributed by atoms with Crippen molar-refractivity contribution in [3.63, 3.8) is 0 Å². The highest BCUT2D eigenvalue weighted by Crippen LogP contribution is 2.21. The number of phenolic OH excluding ortho intramolecular Hbond substituents is 2. The van der Waals surface area contributed by atoms with Gasteiger partial charge in [0.25, 0.3) is 5.91 Å². The maximum Gasteiger partial charge on any atom is 0.326 e. The summed E-state index contributed by atoms with van der Waals surface area (Å²) in [6, 6.07) is 5.54. The van der Waals surface area contributed by atoms with Gasteiger partial charge in [-0.15, -0.1) is 0 Å². The number of aliphatic hydroxyl groups is 2. The number of likely N-dealkylation sites (tertiary alicyclic amines) is 1. The summed E-state index contributed by atoms with van der Waals surface area (Å²) in [4.78, 5) is 67.4. The molecule has 1 saturated heterocycles. The van der Waals surface area contributed by atoms with Crippen molar-refractivity contribution in [2.45, 2.75) is 120 Å². The molecule has 1 aliphatic heterocycles. The second kappa shape index (κ2) is 20.3. The van der Waals surface area contributed by atoms with Gasteiger partial charge in [0.2, 0.25) is 17.7 Å². The first-order valence-electron chi connectivity index (χ1n) is 17.8. The number of nitrogens with one attached hydrogen (secondary N) is 3. The number of phenols is 2. The first-order valence-corrected chi connectivity index (χ1v) is 17.8. The number of hydrogen-bond acceptors (Lipinski definition) is 10. The zero-order valence-electron chi connectivity index (χ0n) is 29.7. The first-order chi connectivity index (χ1) is 24.7. The molecule has 0 aliphatic carbocycles. The van der Waals surface area contributed by atoms with Gasteiger partial charge in [0.1, 0.15) is 41.8 Å². The molecule has 4 amide bonds. The molecule has 15 nitrogen and oxygen atoms in total. The Morgan fingerprint density at radius 2 is 1.37 bits per heavy atom. The highest BCUT2D eigenvalue weighted by molar-refractivity contribution is 5.96. The molecule has 0 spiro atoms. The largest absolute Gasteiger partial charge is 0.508 e. The highest BCUT2D eigenvalue weighted by Gasteiger charge is 2.41. The standard InChI is InChI=1S/C37H53N5O10/c1-3-4-5-6-7-9-27(38)32(46)35(49)41-31(22(2)43)36(50)42-19-8-10-30(42)34(48)39-28(20-23-11-15-25(44)16-12-23)33(47)40-29(37(51)52)21-24-13-17-26(45)18-14-24/h11-18,22,27-32,43-46H,3-10,19-21,38H2,1-2H3,(H,39,48)(H,40,47)(H,41,49)(H,51,52).